The molecule has 0 spiro atoms. The van der Waals surface area contributed by atoms with Crippen LogP contribution in [0, 0.1) is 10.1 Å². The van der Waals surface area contributed by atoms with Crippen LogP contribution in [0.25, 0.3) is 10.8 Å². The van der Waals surface area contributed by atoms with Gasteiger partial charge < -0.3 is 10.5 Å². The van der Waals surface area contributed by atoms with Gasteiger partial charge in [-0.05, 0) is 29.8 Å². The number of hydrogen-bond acceptors (Lipinski definition) is 5. The minimum atomic E-state index is -0.428. The van der Waals surface area contributed by atoms with E-state index in [1.807, 2.05) is 18.2 Å². The smallest absolute Gasteiger partial charge is 0.277 e. The van der Waals surface area contributed by atoms with Gasteiger partial charge in [0.1, 0.15) is 5.75 Å². The van der Waals surface area contributed by atoms with E-state index < -0.39 is 10.8 Å². The summed E-state index contributed by atoms with van der Waals surface area (Å²) in [6.07, 6.45) is 2.34. The van der Waals surface area contributed by atoms with Crippen molar-refractivity contribution in [3.05, 3.63) is 76.1 Å². The van der Waals surface area contributed by atoms with Gasteiger partial charge in [0.25, 0.3) is 5.69 Å². The van der Waals surface area contributed by atoms with Gasteiger partial charge in [0.2, 0.25) is 5.91 Å². The zero-order valence-corrected chi connectivity index (χ0v) is 13.9. The van der Waals surface area contributed by atoms with Gasteiger partial charge in [0, 0.05) is 29.8 Å². The van der Waals surface area contributed by atoms with Crippen molar-refractivity contribution >= 4 is 22.4 Å². The summed E-state index contributed by atoms with van der Waals surface area (Å²) < 4.78 is 5.84. The number of hydrogen-bond donors (Lipinski definition) is 1. The van der Waals surface area contributed by atoms with E-state index in [0.717, 1.165) is 5.56 Å². The highest BCUT2D eigenvalue weighted by molar-refractivity contribution is 5.95. The van der Waals surface area contributed by atoms with E-state index in [9.17, 15) is 14.9 Å². The third-order valence-electron chi connectivity index (χ3n) is 3.94. The van der Waals surface area contributed by atoms with Crippen molar-refractivity contribution in [3.63, 3.8) is 0 Å². The zero-order valence-electron chi connectivity index (χ0n) is 13.9. The lowest BCUT2D eigenvalue weighted by atomic mass is 10.1. The number of primary amides is 1. The molecule has 1 heterocycles. The molecule has 1 aromatic heterocycles. The molecule has 1 amide bonds. The summed E-state index contributed by atoms with van der Waals surface area (Å²) in [6.45, 7) is 0.391. The van der Waals surface area contributed by atoms with Crippen LogP contribution in [0.3, 0.4) is 0 Å². The third kappa shape index (κ3) is 3.94. The molecule has 0 radical (unpaired) electrons. The first-order chi connectivity index (χ1) is 12.5. The number of ether oxygens (including phenoxy) is 1. The van der Waals surface area contributed by atoms with Crippen molar-refractivity contribution in [1.82, 2.24) is 4.98 Å². The number of non-ortho nitro benzene ring substituents is 1. The number of carbonyl (C=O) groups is 1. The van der Waals surface area contributed by atoms with E-state index in [2.05, 4.69) is 4.98 Å². The lowest BCUT2D eigenvalue weighted by Crippen LogP contribution is -2.14. The van der Waals surface area contributed by atoms with Crippen molar-refractivity contribution in [3.8, 4) is 5.75 Å². The Morgan fingerprint density at radius 2 is 1.92 bits per heavy atom. The highest BCUT2D eigenvalue weighted by Gasteiger charge is 2.14. The van der Waals surface area contributed by atoms with E-state index in [4.69, 9.17) is 10.5 Å². The van der Waals surface area contributed by atoms with Crippen LogP contribution >= 0.6 is 0 Å². The molecule has 0 fully saturated rings. The summed E-state index contributed by atoms with van der Waals surface area (Å²) in [4.78, 5) is 25.9. The van der Waals surface area contributed by atoms with Crippen molar-refractivity contribution in [1.29, 1.82) is 0 Å². The van der Waals surface area contributed by atoms with Crippen LogP contribution < -0.4 is 10.5 Å². The second-order valence-electron chi connectivity index (χ2n) is 5.78. The summed E-state index contributed by atoms with van der Waals surface area (Å²) in [5, 5.41) is 12.4. The third-order valence-corrected chi connectivity index (χ3v) is 3.94. The molecule has 26 heavy (non-hydrogen) atoms. The second-order valence-corrected chi connectivity index (χ2v) is 5.78. The summed E-state index contributed by atoms with van der Waals surface area (Å²) in [6, 6.07) is 13.8. The van der Waals surface area contributed by atoms with Crippen LogP contribution in [-0.2, 0) is 17.6 Å². The molecule has 0 saturated carbocycles. The maximum atomic E-state index is 11.2. The predicted octanol–water partition coefficient (Wildman–Crippen LogP) is 2.79. The molecule has 7 heteroatoms. The molecule has 0 unspecified atom stereocenters. The molecule has 2 N–H and O–H groups in total. The van der Waals surface area contributed by atoms with Crippen molar-refractivity contribution in [2.45, 2.75) is 12.8 Å². The molecule has 3 aromatic rings. The van der Waals surface area contributed by atoms with Gasteiger partial charge >= 0.3 is 0 Å². The number of pyridine rings is 1. The largest absolute Gasteiger partial charge is 0.493 e. The molecule has 0 aliphatic heterocycles. The Labute approximate surface area is 149 Å². The first kappa shape index (κ1) is 17.3. The van der Waals surface area contributed by atoms with Gasteiger partial charge in [-0.3, -0.25) is 19.9 Å². The van der Waals surface area contributed by atoms with Crippen LogP contribution in [0.5, 0.6) is 5.75 Å². The molecule has 0 aliphatic rings. The number of amides is 1. The van der Waals surface area contributed by atoms with Gasteiger partial charge in [-0.15, -0.1) is 0 Å². The van der Waals surface area contributed by atoms with E-state index in [1.165, 1.54) is 6.07 Å². The number of nitro groups is 1. The predicted molar refractivity (Wildman–Crippen MR) is 96.9 cm³/mol. The molecular weight excluding hydrogens is 334 g/mol. The van der Waals surface area contributed by atoms with Gasteiger partial charge in [-0.25, -0.2) is 0 Å². The molecule has 7 nitrogen and oxygen atoms in total. The normalized spacial score (nSPS) is 10.6. The van der Waals surface area contributed by atoms with Gasteiger partial charge in [-0.1, -0.05) is 18.2 Å². The Kier molecular flexibility index (Phi) is 5.07. The molecular formula is C19H17N3O4. The number of nitro benzene ring substituents is 1. The summed E-state index contributed by atoms with van der Waals surface area (Å²) in [5.74, 6) is 0.167. The number of benzene rings is 2. The van der Waals surface area contributed by atoms with Crippen LogP contribution in [0.4, 0.5) is 5.69 Å². The van der Waals surface area contributed by atoms with Crippen LogP contribution in [-0.4, -0.2) is 22.4 Å². The van der Waals surface area contributed by atoms with Crippen molar-refractivity contribution in [2.75, 3.05) is 6.61 Å². The molecule has 132 valence electrons. The molecule has 0 saturated heterocycles. The lowest BCUT2D eigenvalue weighted by Gasteiger charge is -2.10. The van der Waals surface area contributed by atoms with E-state index in [1.54, 1.807) is 30.5 Å². The number of nitrogens with zero attached hydrogens (tertiary/aromatic N) is 2. The fourth-order valence-electron chi connectivity index (χ4n) is 2.78. The zero-order chi connectivity index (χ0) is 18.5. The molecule has 0 atom stereocenters. The van der Waals surface area contributed by atoms with E-state index in [-0.39, 0.29) is 12.1 Å². The minimum Gasteiger partial charge on any atom is -0.493 e. The summed E-state index contributed by atoms with van der Waals surface area (Å²) in [5.41, 5.74) is 6.83. The Morgan fingerprint density at radius 1 is 1.15 bits per heavy atom. The van der Waals surface area contributed by atoms with Crippen LogP contribution in [0.2, 0.25) is 0 Å². The Morgan fingerprint density at radius 3 is 2.65 bits per heavy atom. The van der Waals surface area contributed by atoms with Gasteiger partial charge in [0.15, 0.2) is 0 Å². The maximum Gasteiger partial charge on any atom is 0.277 e. The quantitative estimate of drug-likeness (QED) is 0.520. The number of rotatable bonds is 7. The van der Waals surface area contributed by atoms with Gasteiger partial charge in [-0.2, -0.15) is 0 Å². The fourth-order valence-corrected chi connectivity index (χ4v) is 2.78. The number of aromatic nitrogens is 1. The Hall–Kier alpha value is -3.48. The lowest BCUT2D eigenvalue weighted by molar-refractivity contribution is -0.383. The second kappa shape index (κ2) is 7.60. The first-order valence-corrected chi connectivity index (χ1v) is 8.05. The number of fused-ring (bicyclic) bond motifs is 1. The summed E-state index contributed by atoms with van der Waals surface area (Å²) >= 11 is 0. The Balaban J connectivity index is 1.74. The molecule has 2 aromatic carbocycles. The van der Waals surface area contributed by atoms with E-state index >= 15 is 0 Å². The SMILES string of the molecule is NC(=O)Cc1cc(CCOc2ccc([N+](=O)[O-])c3ccccc23)ccn1. The summed E-state index contributed by atoms with van der Waals surface area (Å²) in [7, 11) is 0. The molecule has 3 rings (SSSR count). The average Bonchev–Trinajstić information content (AvgIpc) is 2.61. The monoisotopic (exact) mass is 351 g/mol. The van der Waals surface area contributed by atoms with Crippen molar-refractivity contribution < 1.29 is 14.5 Å². The first-order valence-electron chi connectivity index (χ1n) is 8.05. The van der Waals surface area contributed by atoms with Crippen LogP contribution in [0.15, 0.2) is 54.7 Å². The highest BCUT2D eigenvalue weighted by Crippen LogP contribution is 2.32. The maximum absolute atomic E-state index is 11.2. The van der Waals surface area contributed by atoms with Crippen LogP contribution in [0.1, 0.15) is 11.3 Å². The minimum absolute atomic E-state index is 0.0539. The fraction of sp³-hybridized carbons (Fsp3) is 0.158. The highest BCUT2D eigenvalue weighted by atomic mass is 16.6. The van der Waals surface area contributed by atoms with E-state index in [0.29, 0.717) is 35.2 Å². The average molecular weight is 351 g/mol. The Bertz CT molecular complexity index is 972. The topological polar surface area (TPSA) is 108 Å². The van der Waals surface area contributed by atoms with Gasteiger partial charge in [0.05, 0.1) is 23.3 Å². The van der Waals surface area contributed by atoms with Crippen molar-refractivity contribution in [2.24, 2.45) is 5.73 Å². The molecule has 0 bridgehead atoms. The number of nitrogens with two attached hydrogens (primary N) is 1. The standard InChI is InChI=1S/C19H17N3O4/c20-19(23)12-14-11-13(7-9-21-14)8-10-26-18-6-5-17(22(24)25)15-3-1-2-4-16(15)18/h1-7,9,11H,8,10,12H2,(H2,20,23). The molecule has 0 aliphatic carbocycles. The number of carbonyl (C=O) groups excluding carboxylic acids is 1.